The number of para-hydroxylation sites is 1. The first kappa shape index (κ1) is 31.7. The number of amides is 2. The predicted octanol–water partition coefficient (Wildman–Crippen LogP) is 4.49. The van der Waals surface area contributed by atoms with E-state index in [0.717, 1.165) is 32.8 Å². The number of aryl methyl sites for hydroxylation is 2. The van der Waals surface area contributed by atoms with Gasteiger partial charge in [-0.3, -0.25) is 13.9 Å². The number of nitrogens with zero attached hydrogens (tertiary/aromatic N) is 2. The second-order valence-electron chi connectivity index (χ2n) is 10.7. The molecule has 0 aliphatic carbocycles. The predicted molar refractivity (Wildman–Crippen MR) is 163 cm³/mol. The highest BCUT2D eigenvalue weighted by Gasteiger charge is 2.33. The number of methoxy groups -OCH3 is 1. The van der Waals surface area contributed by atoms with E-state index in [9.17, 15) is 18.0 Å². The lowest BCUT2D eigenvalue weighted by Gasteiger charge is -2.34. The monoisotopic (exact) mass is 579 g/mol. The van der Waals surface area contributed by atoms with Crippen molar-refractivity contribution in [1.29, 1.82) is 0 Å². The minimum Gasteiger partial charge on any atom is -0.497 e. The van der Waals surface area contributed by atoms with E-state index in [4.69, 9.17) is 4.74 Å². The van der Waals surface area contributed by atoms with Crippen LogP contribution in [0.1, 0.15) is 36.1 Å². The minimum absolute atomic E-state index is 0.0903. The number of sulfonamides is 1. The third kappa shape index (κ3) is 8.82. The molecule has 0 saturated heterocycles. The van der Waals surface area contributed by atoms with Gasteiger partial charge in [0.1, 0.15) is 18.3 Å². The Morgan fingerprint density at radius 1 is 0.902 bits per heavy atom. The maximum atomic E-state index is 14.2. The second-order valence-corrected chi connectivity index (χ2v) is 12.6. The number of carbonyl (C=O) groups excluding carboxylic acids is 2. The summed E-state index contributed by atoms with van der Waals surface area (Å²) in [4.78, 5) is 29.4. The molecule has 0 heterocycles. The molecule has 41 heavy (non-hydrogen) atoms. The molecular formula is C32H41N3O5S. The molecule has 1 atom stereocenters. The molecule has 0 radical (unpaired) electrons. The molecule has 0 aliphatic rings. The van der Waals surface area contributed by atoms with Crippen molar-refractivity contribution in [2.24, 2.45) is 5.92 Å². The van der Waals surface area contributed by atoms with Crippen LogP contribution in [0.25, 0.3) is 0 Å². The highest BCUT2D eigenvalue weighted by molar-refractivity contribution is 7.92. The zero-order valence-electron chi connectivity index (χ0n) is 24.8. The summed E-state index contributed by atoms with van der Waals surface area (Å²) in [6, 6.07) is 21.4. The van der Waals surface area contributed by atoms with Crippen molar-refractivity contribution in [1.82, 2.24) is 10.2 Å². The summed E-state index contributed by atoms with van der Waals surface area (Å²) in [5, 5.41) is 2.99. The third-order valence-corrected chi connectivity index (χ3v) is 7.92. The van der Waals surface area contributed by atoms with Crippen LogP contribution < -0.4 is 14.4 Å². The van der Waals surface area contributed by atoms with E-state index in [1.54, 1.807) is 13.2 Å². The van der Waals surface area contributed by atoms with Gasteiger partial charge in [0.2, 0.25) is 21.8 Å². The quantitative estimate of drug-likeness (QED) is 0.322. The number of ether oxygens (including phenoxy) is 1. The fraction of sp³-hybridized carbons (Fsp3) is 0.375. The van der Waals surface area contributed by atoms with E-state index in [-0.39, 0.29) is 24.8 Å². The van der Waals surface area contributed by atoms with Crippen LogP contribution in [0.3, 0.4) is 0 Å². The summed E-state index contributed by atoms with van der Waals surface area (Å²) in [6.45, 7) is 7.72. The van der Waals surface area contributed by atoms with Crippen LogP contribution in [-0.2, 0) is 32.6 Å². The molecule has 9 heteroatoms. The molecule has 8 nitrogen and oxygen atoms in total. The molecule has 3 aromatic rings. The van der Waals surface area contributed by atoms with Crippen LogP contribution >= 0.6 is 0 Å². The summed E-state index contributed by atoms with van der Waals surface area (Å²) in [5.74, 6) is 0.0500. The normalized spacial score (nSPS) is 12.1. The molecule has 2 amide bonds. The van der Waals surface area contributed by atoms with Crippen molar-refractivity contribution in [3.05, 3.63) is 95.1 Å². The Bertz CT molecular complexity index is 1420. The van der Waals surface area contributed by atoms with Crippen molar-refractivity contribution in [3.8, 4) is 5.75 Å². The molecule has 0 aromatic heterocycles. The summed E-state index contributed by atoms with van der Waals surface area (Å²) >= 11 is 0. The van der Waals surface area contributed by atoms with Crippen LogP contribution in [0.2, 0.25) is 0 Å². The molecular weight excluding hydrogens is 538 g/mol. The lowest BCUT2D eigenvalue weighted by Crippen LogP contribution is -2.53. The van der Waals surface area contributed by atoms with E-state index in [0.29, 0.717) is 18.0 Å². The van der Waals surface area contributed by atoms with Crippen molar-refractivity contribution in [2.45, 2.75) is 46.7 Å². The van der Waals surface area contributed by atoms with E-state index in [1.807, 2.05) is 94.4 Å². The van der Waals surface area contributed by atoms with E-state index >= 15 is 0 Å². The van der Waals surface area contributed by atoms with E-state index in [1.165, 1.54) is 4.90 Å². The van der Waals surface area contributed by atoms with Gasteiger partial charge in [-0.15, -0.1) is 0 Å². The highest BCUT2D eigenvalue weighted by Crippen LogP contribution is 2.27. The number of anilines is 1. The minimum atomic E-state index is -3.84. The van der Waals surface area contributed by atoms with Crippen LogP contribution in [0.5, 0.6) is 5.75 Å². The average Bonchev–Trinajstić information content (AvgIpc) is 2.93. The molecule has 0 fully saturated rings. The number of hydrogen-bond donors (Lipinski definition) is 1. The van der Waals surface area contributed by atoms with Gasteiger partial charge in [-0.2, -0.15) is 0 Å². The summed E-state index contributed by atoms with van der Waals surface area (Å²) in [5.41, 5.74) is 3.57. The number of carbonyl (C=O) groups is 2. The summed E-state index contributed by atoms with van der Waals surface area (Å²) in [7, 11) is -2.27. The second kappa shape index (κ2) is 14.2. The van der Waals surface area contributed by atoms with Gasteiger partial charge in [0.25, 0.3) is 0 Å². The Morgan fingerprint density at radius 2 is 1.51 bits per heavy atom. The molecule has 3 rings (SSSR count). The van der Waals surface area contributed by atoms with Crippen molar-refractivity contribution in [2.75, 3.05) is 30.8 Å². The molecule has 0 aliphatic heterocycles. The molecule has 1 N–H and O–H groups in total. The fourth-order valence-electron chi connectivity index (χ4n) is 4.72. The van der Waals surface area contributed by atoms with Gasteiger partial charge in [0, 0.05) is 19.5 Å². The van der Waals surface area contributed by atoms with Crippen molar-refractivity contribution < 1.29 is 22.7 Å². The smallest absolute Gasteiger partial charge is 0.244 e. The Kier molecular flexibility index (Phi) is 10.9. The van der Waals surface area contributed by atoms with Crippen molar-refractivity contribution >= 4 is 27.5 Å². The molecule has 0 unspecified atom stereocenters. The zero-order valence-corrected chi connectivity index (χ0v) is 25.6. The molecule has 220 valence electrons. The van der Waals surface area contributed by atoms with Crippen LogP contribution in [0.4, 0.5) is 5.69 Å². The maximum absolute atomic E-state index is 14.2. The van der Waals surface area contributed by atoms with Crippen LogP contribution in [-0.4, -0.2) is 57.6 Å². The first-order chi connectivity index (χ1) is 19.4. The highest BCUT2D eigenvalue weighted by atomic mass is 32.2. The molecule has 0 saturated carbocycles. The Hall–Kier alpha value is -3.85. The van der Waals surface area contributed by atoms with Gasteiger partial charge in [0.15, 0.2) is 0 Å². The zero-order chi connectivity index (χ0) is 30.2. The largest absolute Gasteiger partial charge is 0.497 e. The Balaban J connectivity index is 2.10. The summed E-state index contributed by atoms with van der Waals surface area (Å²) in [6.07, 6.45) is 1.36. The van der Waals surface area contributed by atoms with Gasteiger partial charge in [-0.25, -0.2) is 8.42 Å². The topological polar surface area (TPSA) is 96.0 Å². The Morgan fingerprint density at radius 3 is 2.10 bits per heavy atom. The number of nitrogens with one attached hydrogen (secondary N) is 1. The van der Waals surface area contributed by atoms with Crippen LogP contribution in [0, 0.1) is 19.8 Å². The van der Waals surface area contributed by atoms with Crippen LogP contribution in [0.15, 0.2) is 72.8 Å². The van der Waals surface area contributed by atoms with Gasteiger partial charge in [-0.1, -0.05) is 74.5 Å². The lowest BCUT2D eigenvalue weighted by atomic mass is 10.0. The molecule has 0 spiro atoms. The van der Waals surface area contributed by atoms with Gasteiger partial charge >= 0.3 is 0 Å². The average molecular weight is 580 g/mol. The molecule has 0 bridgehead atoms. The first-order valence-corrected chi connectivity index (χ1v) is 15.5. The van der Waals surface area contributed by atoms with E-state index < -0.39 is 28.5 Å². The molecule has 3 aromatic carbocycles. The van der Waals surface area contributed by atoms with E-state index in [2.05, 4.69) is 5.32 Å². The van der Waals surface area contributed by atoms with Crippen molar-refractivity contribution in [3.63, 3.8) is 0 Å². The Labute approximate surface area is 244 Å². The number of rotatable bonds is 13. The van der Waals surface area contributed by atoms with Gasteiger partial charge in [-0.05, 0) is 54.2 Å². The maximum Gasteiger partial charge on any atom is 0.244 e. The number of hydrogen-bond acceptors (Lipinski definition) is 5. The SMILES string of the molecule is COc1cccc(CN(C(=O)CN(c2c(C)cccc2C)S(C)(=O)=O)[C@H](Cc2ccccc2)C(=O)NCC(C)C)c1. The van der Waals surface area contributed by atoms with Gasteiger partial charge in [0.05, 0.1) is 19.1 Å². The third-order valence-electron chi connectivity index (χ3n) is 6.81. The lowest BCUT2D eigenvalue weighted by molar-refractivity contribution is -0.140. The number of benzene rings is 3. The standard InChI is InChI=1S/C32H41N3O5S/c1-23(2)20-33-32(37)29(19-26-14-8-7-9-15-26)34(21-27-16-11-17-28(18-27)40-5)30(36)22-35(41(6,38)39)31-24(3)12-10-13-25(31)4/h7-18,23,29H,19-22H2,1-6H3,(H,33,37)/t29-/m1/s1. The summed E-state index contributed by atoms with van der Waals surface area (Å²) < 4.78 is 32.7. The first-order valence-electron chi connectivity index (χ1n) is 13.7. The fourth-order valence-corrected chi connectivity index (χ4v) is 5.68. The van der Waals surface area contributed by atoms with Gasteiger partial charge < -0.3 is 15.0 Å².